The Balaban J connectivity index is 0. The van der Waals surface area contributed by atoms with Gasteiger partial charge in [0.05, 0.1) is 5.60 Å². The summed E-state index contributed by atoms with van der Waals surface area (Å²) < 4.78 is 14.6. The molecule has 0 radical (unpaired) electrons. The third-order valence-electron chi connectivity index (χ3n) is 3.42. The zero-order chi connectivity index (χ0) is 20.8. The number of rotatable bonds is 11. The van der Waals surface area contributed by atoms with E-state index in [0.717, 1.165) is 0 Å². The van der Waals surface area contributed by atoms with E-state index in [1.54, 1.807) is 20.8 Å². The molecule has 0 aromatic rings. The summed E-state index contributed by atoms with van der Waals surface area (Å²) in [4.78, 5) is 43.5. The quantitative estimate of drug-likeness (QED) is 0.316. The summed E-state index contributed by atoms with van der Waals surface area (Å²) in [6, 6.07) is 0. The van der Waals surface area contributed by atoms with Crippen molar-refractivity contribution < 1.29 is 43.6 Å². The Morgan fingerprint density at radius 2 is 1.15 bits per heavy atom. The van der Waals surface area contributed by atoms with E-state index >= 15 is 0 Å². The first-order valence-corrected chi connectivity index (χ1v) is 8.53. The number of aliphatic carboxylic acids is 2. The molecule has 0 atom stereocenters. The number of carbonyl (C=O) groups excluding carboxylic acids is 2. The van der Waals surface area contributed by atoms with Gasteiger partial charge in [-0.25, -0.2) is 0 Å². The van der Waals surface area contributed by atoms with Crippen molar-refractivity contribution in [2.75, 3.05) is 0 Å². The highest BCUT2D eigenvalue weighted by Gasteiger charge is 2.31. The molecule has 0 saturated heterocycles. The third-order valence-corrected chi connectivity index (χ3v) is 3.42. The molecule has 0 aromatic carbocycles. The van der Waals surface area contributed by atoms with Gasteiger partial charge >= 0.3 is 30.4 Å². The van der Waals surface area contributed by atoms with E-state index < -0.39 is 48.8 Å². The van der Waals surface area contributed by atoms with E-state index in [4.69, 9.17) is 14.9 Å². The normalized spacial score (nSPS) is 10.5. The maximum Gasteiger partial charge on any atom is 0.365 e. The summed E-state index contributed by atoms with van der Waals surface area (Å²) in [7, 11) is 0. The van der Waals surface area contributed by atoms with Crippen LogP contribution in [0.1, 0.15) is 73.1 Å². The van der Waals surface area contributed by atoms with Crippen LogP contribution < -0.4 is 0 Å². The molecule has 0 spiro atoms. The topological polar surface area (TPSA) is 136 Å². The molecule has 0 unspecified atom stereocenters. The van der Waals surface area contributed by atoms with Gasteiger partial charge in [-0.2, -0.15) is 0 Å². The van der Waals surface area contributed by atoms with E-state index in [0.29, 0.717) is 12.8 Å². The molecule has 0 aromatic heterocycles. The fourth-order valence-electron chi connectivity index (χ4n) is 1.27. The molecule has 0 aliphatic rings. The minimum absolute atomic E-state index is 0.493. The van der Waals surface area contributed by atoms with Crippen molar-refractivity contribution in [2.45, 2.75) is 85.2 Å². The number of carboxylic acids is 2. The third kappa shape index (κ3) is 14.2. The summed E-state index contributed by atoms with van der Waals surface area (Å²) in [6.07, 6.45) is 1.75. The second-order valence-electron chi connectivity index (χ2n) is 5.68. The van der Waals surface area contributed by atoms with E-state index in [1.165, 1.54) is 12.8 Å². The fourth-order valence-corrected chi connectivity index (χ4v) is 1.27. The van der Waals surface area contributed by atoms with Crippen LogP contribution >= 0.6 is 0 Å². The summed E-state index contributed by atoms with van der Waals surface area (Å²) in [5, 5.41) is 17.0. The lowest BCUT2D eigenvalue weighted by Gasteiger charge is -2.31. The number of hydrogen-bond acceptors (Lipinski definition) is 7. The zero-order valence-electron chi connectivity index (χ0n) is 16.1. The van der Waals surface area contributed by atoms with Crippen molar-refractivity contribution in [1.29, 1.82) is 0 Å². The van der Waals surface area contributed by atoms with Crippen LogP contribution in [0.3, 0.4) is 0 Å². The van der Waals surface area contributed by atoms with Crippen molar-refractivity contribution >= 4 is 23.9 Å². The molecule has 2 N–H and O–H groups in total. The molecular formula is C17H30O9. The first kappa shape index (κ1) is 26.1. The largest absolute Gasteiger partial charge is 0.481 e. The van der Waals surface area contributed by atoms with Crippen molar-refractivity contribution in [3.63, 3.8) is 0 Å². The Hall–Kier alpha value is -2.16. The molecule has 26 heavy (non-hydrogen) atoms. The Morgan fingerprint density at radius 1 is 0.808 bits per heavy atom. The number of carbonyl (C=O) groups is 4. The van der Waals surface area contributed by atoms with Gasteiger partial charge in [-0.05, 0) is 19.8 Å². The van der Waals surface area contributed by atoms with Crippen molar-refractivity contribution in [3.8, 4) is 0 Å². The first-order chi connectivity index (χ1) is 12.0. The maximum atomic E-state index is 11.3. The molecule has 0 bridgehead atoms. The Morgan fingerprint density at radius 3 is 1.38 bits per heavy atom. The standard InChI is InChI=1S/C13H20O9.C4H10/c1-4-13(3,5-2)22-12(20-10(18)6-8(14)15)21-11(19)7-9(16)17;1-3-4-2/h12H,4-7H2,1-3H3,(H,14,15)(H,16,17);3-4H2,1-2H3. The Bertz CT molecular complexity index is 423. The van der Waals surface area contributed by atoms with Gasteiger partial charge < -0.3 is 24.4 Å². The van der Waals surface area contributed by atoms with Gasteiger partial charge in [0, 0.05) is 0 Å². The molecule has 0 saturated carbocycles. The van der Waals surface area contributed by atoms with E-state index in [2.05, 4.69) is 23.3 Å². The summed E-state index contributed by atoms with van der Waals surface area (Å²) in [6.45, 7) is 7.82. The van der Waals surface area contributed by atoms with E-state index in [9.17, 15) is 19.2 Å². The Labute approximate surface area is 153 Å². The predicted octanol–water partition coefficient (Wildman–Crippen LogP) is 2.71. The van der Waals surface area contributed by atoms with E-state index in [1.807, 2.05) is 0 Å². The van der Waals surface area contributed by atoms with Crippen molar-refractivity contribution in [3.05, 3.63) is 0 Å². The molecule has 0 heterocycles. The van der Waals surface area contributed by atoms with Gasteiger partial charge in [0.15, 0.2) is 0 Å². The summed E-state index contributed by atoms with van der Waals surface area (Å²) in [5.41, 5.74) is -0.794. The second-order valence-corrected chi connectivity index (χ2v) is 5.68. The maximum absolute atomic E-state index is 11.3. The number of unbranched alkanes of at least 4 members (excludes halogenated alkanes) is 1. The van der Waals surface area contributed by atoms with Crippen LogP contribution in [0.4, 0.5) is 0 Å². The van der Waals surface area contributed by atoms with Crippen LogP contribution in [0.5, 0.6) is 0 Å². The van der Waals surface area contributed by atoms with Gasteiger partial charge in [0.2, 0.25) is 0 Å². The number of ether oxygens (including phenoxy) is 3. The molecule has 0 amide bonds. The number of esters is 2. The van der Waals surface area contributed by atoms with Crippen LogP contribution in [-0.2, 0) is 33.4 Å². The minimum Gasteiger partial charge on any atom is -0.481 e. The molecule has 0 fully saturated rings. The molecule has 9 nitrogen and oxygen atoms in total. The minimum atomic E-state index is -1.80. The average molecular weight is 378 g/mol. The number of hydrogen-bond donors (Lipinski definition) is 2. The monoisotopic (exact) mass is 378 g/mol. The summed E-state index contributed by atoms with van der Waals surface area (Å²) >= 11 is 0. The molecule has 9 heteroatoms. The van der Waals surface area contributed by atoms with Crippen LogP contribution in [0.15, 0.2) is 0 Å². The van der Waals surface area contributed by atoms with Gasteiger partial charge in [0.25, 0.3) is 0 Å². The number of carboxylic acid groups (broad SMARTS) is 2. The molecular weight excluding hydrogens is 348 g/mol. The van der Waals surface area contributed by atoms with Gasteiger partial charge in [-0.1, -0.05) is 40.5 Å². The lowest BCUT2D eigenvalue weighted by molar-refractivity contribution is -0.299. The predicted molar refractivity (Wildman–Crippen MR) is 91.1 cm³/mol. The molecule has 0 rings (SSSR count). The fraction of sp³-hybridized carbons (Fsp3) is 0.765. The lowest BCUT2D eigenvalue weighted by atomic mass is 10.0. The highest BCUT2D eigenvalue weighted by molar-refractivity contribution is 5.91. The molecule has 0 aliphatic heterocycles. The van der Waals surface area contributed by atoms with Crippen LogP contribution in [0.2, 0.25) is 0 Å². The summed E-state index contributed by atoms with van der Waals surface area (Å²) in [5.74, 6) is -5.19. The van der Waals surface area contributed by atoms with Crippen molar-refractivity contribution in [1.82, 2.24) is 0 Å². The average Bonchev–Trinajstić information content (AvgIpc) is 2.53. The SMILES string of the molecule is CCC(C)(CC)OC(OC(=O)CC(=O)O)OC(=O)CC(=O)O.CCCC. The molecule has 152 valence electrons. The van der Waals surface area contributed by atoms with Gasteiger partial charge in [-0.3, -0.25) is 19.2 Å². The lowest BCUT2D eigenvalue weighted by Crippen LogP contribution is -2.38. The second kappa shape index (κ2) is 14.1. The van der Waals surface area contributed by atoms with Crippen molar-refractivity contribution in [2.24, 2.45) is 0 Å². The van der Waals surface area contributed by atoms with Gasteiger partial charge in [-0.15, -0.1) is 0 Å². The highest BCUT2D eigenvalue weighted by atomic mass is 16.9. The highest BCUT2D eigenvalue weighted by Crippen LogP contribution is 2.23. The molecule has 0 aliphatic carbocycles. The van der Waals surface area contributed by atoms with Crippen LogP contribution in [-0.4, -0.2) is 46.2 Å². The Kier molecular flexibility index (Phi) is 14.1. The smallest absolute Gasteiger partial charge is 0.365 e. The van der Waals surface area contributed by atoms with Crippen LogP contribution in [0.25, 0.3) is 0 Å². The van der Waals surface area contributed by atoms with Gasteiger partial charge in [0.1, 0.15) is 12.8 Å². The van der Waals surface area contributed by atoms with E-state index in [-0.39, 0.29) is 0 Å². The first-order valence-electron chi connectivity index (χ1n) is 8.53. The van der Waals surface area contributed by atoms with Crippen LogP contribution in [0, 0.1) is 0 Å². The zero-order valence-corrected chi connectivity index (χ0v) is 16.1.